The Kier molecular flexibility index (Phi) is 8.68. The van der Waals surface area contributed by atoms with Crippen LogP contribution in [0.4, 0.5) is 10.2 Å². The average molecular weight is 571 g/mol. The molecule has 3 heterocycles. The van der Waals surface area contributed by atoms with Gasteiger partial charge in [0.05, 0.1) is 10.7 Å². The first-order valence-corrected chi connectivity index (χ1v) is 10.5. The topological polar surface area (TPSA) is 78.6 Å². The van der Waals surface area contributed by atoms with Crippen LogP contribution in [0, 0.1) is 5.82 Å². The van der Waals surface area contributed by atoms with E-state index >= 15 is 0 Å². The van der Waals surface area contributed by atoms with Crippen LogP contribution in [-0.2, 0) is 6.42 Å². The Morgan fingerprint density at radius 1 is 1.31 bits per heavy atom. The third kappa shape index (κ3) is 6.10. The summed E-state index contributed by atoms with van der Waals surface area (Å²) in [6, 6.07) is 10.0. The molecule has 4 rings (SSSR count). The van der Waals surface area contributed by atoms with Crippen LogP contribution in [0.5, 0.6) is 0 Å². The van der Waals surface area contributed by atoms with Gasteiger partial charge in [0.2, 0.25) is 5.89 Å². The molecule has 10 heteroatoms. The molecular formula is C22H25ClFIN6O. The highest BCUT2D eigenvalue weighted by Gasteiger charge is 2.25. The van der Waals surface area contributed by atoms with Crippen molar-refractivity contribution >= 4 is 47.4 Å². The third-order valence-corrected chi connectivity index (χ3v) is 5.40. The Morgan fingerprint density at radius 3 is 2.88 bits per heavy atom. The van der Waals surface area contributed by atoms with Gasteiger partial charge in [0.1, 0.15) is 17.9 Å². The van der Waals surface area contributed by atoms with E-state index in [0.29, 0.717) is 23.9 Å². The quantitative estimate of drug-likeness (QED) is 0.264. The highest BCUT2D eigenvalue weighted by molar-refractivity contribution is 14.0. The maximum Gasteiger partial charge on any atom is 0.226 e. The van der Waals surface area contributed by atoms with Gasteiger partial charge in [0.25, 0.3) is 0 Å². The van der Waals surface area contributed by atoms with E-state index in [2.05, 4.69) is 30.5 Å². The molecular weight excluding hydrogens is 546 g/mol. The predicted octanol–water partition coefficient (Wildman–Crippen LogP) is 4.13. The zero-order valence-corrected chi connectivity index (χ0v) is 20.7. The minimum atomic E-state index is -0.285. The largest absolute Gasteiger partial charge is 0.444 e. The van der Waals surface area contributed by atoms with E-state index in [1.165, 1.54) is 12.1 Å². The molecule has 0 amide bonds. The Labute approximate surface area is 208 Å². The van der Waals surface area contributed by atoms with E-state index in [1.807, 2.05) is 12.1 Å². The Hall–Kier alpha value is -2.40. The predicted molar refractivity (Wildman–Crippen MR) is 135 cm³/mol. The number of benzene rings is 1. The number of anilines is 1. The lowest BCUT2D eigenvalue weighted by atomic mass is 10.2. The van der Waals surface area contributed by atoms with Crippen LogP contribution in [0.1, 0.15) is 12.1 Å². The summed E-state index contributed by atoms with van der Waals surface area (Å²) in [4.78, 5) is 15.4. The number of oxazole rings is 1. The van der Waals surface area contributed by atoms with Gasteiger partial charge in [-0.25, -0.2) is 14.4 Å². The second-order valence-corrected chi connectivity index (χ2v) is 7.69. The van der Waals surface area contributed by atoms with Crippen LogP contribution in [0.25, 0.3) is 11.5 Å². The zero-order chi connectivity index (χ0) is 21.6. The minimum absolute atomic E-state index is 0. The number of hydrogen-bond acceptors (Lipinski definition) is 5. The molecule has 170 valence electrons. The van der Waals surface area contributed by atoms with E-state index < -0.39 is 0 Å². The maximum absolute atomic E-state index is 13.1. The van der Waals surface area contributed by atoms with Gasteiger partial charge >= 0.3 is 0 Å². The molecule has 0 saturated carbocycles. The lowest BCUT2D eigenvalue weighted by molar-refractivity contribution is 0.571. The standard InChI is InChI=1S/C22H24ClFN6O.HI/c1-25-22(29-17-9-12-30(13-17)20-19(23)3-2-10-26-20)27-11-8-18-14-31-21(28-18)15-4-6-16(24)7-5-15;/h2-7,10,14,17H,8-9,11-13H2,1H3,(H2,25,27,29);1H. The summed E-state index contributed by atoms with van der Waals surface area (Å²) in [5, 5.41) is 7.43. The van der Waals surface area contributed by atoms with E-state index in [-0.39, 0.29) is 35.8 Å². The summed E-state index contributed by atoms with van der Waals surface area (Å²) in [7, 11) is 1.75. The van der Waals surface area contributed by atoms with Gasteiger partial charge in [0, 0.05) is 50.9 Å². The Balaban J connectivity index is 0.00000289. The summed E-state index contributed by atoms with van der Waals surface area (Å²) in [6.45, 7) is 2.34. The molecule has 1 unspecified atom stereocenters. The first-order valence-electron chi connectivity index (χ1n) is 10.2. The number of nitrogens with one attached hydrogen (secondary N) is 2. The first-order chi connectivity index (χ1) is 15.1. The van der Waals surface area contributed by atoms with Crippen molar-refractivity contribution in [3.63, 3.8) is 0 Å². The summed E-state index contributed by atoms with van der Waals surface area (Å²) in [5.41, 5.74) is 1.57. The fraction of sp³-hybridized carbons (Fsp3) is 0.318. The van der Waals surface area contributed by atoms with Gasteiger partial charge in [-0.2, -0.15) is 0 Å². The number of pyridine rings is 1. The molecule has 0 aliphatic carbocycles. The zero-order valence-electron chi connectivity index (χ0n) is 17.6. The minimum Gasteiger partial charge on any atom is -0.444 e. The summed E-state index contributed by atoms with van der Waals surface area (Å²) in [6.07, 6.45) is 5.03. The number of aromatic nitrogens is 2. The highest BCUT2D eigenvalue weighted by Crippen LogP contribution is 2.25. The van der Waals surface area contributed by atoms with Crippen LogP contribution in [0.15, 0.2) is 58.3 Å². The van der Waals surface area contributed by atoms with Crippen molar-refractivity contribution in [2.45, 2.75) is 18.9 Å². The van der Waals surface area contributed by atoms with Crippen LogP contribution in [0.3, 0.4) is 0 Å². The van der Waals surface area contributed by atoms with Gasteiger partial charge in [-0.15, -0.1) is 24.0 Å². The molecule has 1 aromatic carbocycles. The number of rotatable bonds is 6. The van der Waals surface area contributed by atoms with Crippen molar-refractivity contribution in [2.24, 2.45) is 4.99 Å². The number of hydrogen-bond donors (Lipinski definition) is 2. The molecule has 0 bridgehead atoms. The first kappa shape index (κ1) is 24.2. The molecule has 3 aromatic rings. The molecule has 7 nitrogen and oxygen atoms in total. The van der Waals surface area contributed by atoms with Gasteiger partial charge in [-0.3, -0.25) is 4.99 Å². The lowest BCUT2D eigenvalue weighted by Crippen LogP contribution is -2.45. The molecule has 32 heavy (non-hydrogen) atoms. The van der Waals surface area contributed by atoms with Crippen molar-refractivity contribution in [3.8, 4) is 11.5 Å². The molecule has 1 fully saturated rings. The summed E-state index contributed by atoms with van der Waals surface area (Å²) >= 11 is 6.27. The van der Waals surface area contributed by atoms with Crippen molar-refractivity contribution < 1.29 is 8.81 Å². The van der Waals surface area contributed by atoms with E-state index in [0.717, 1.165) is 42.5 Å². The molecule has 0 spiro atoms. The maximum atomic E-state index is 13.1. The molecule has 1 aliphatic rings. The van der Waals surface area contributed by atoms with E-state index in [9.17, 15) is 4.39 Å². The molecule has 1 aliphatic heterocycles. The fourth-order valence-corrected chi connectivity index (χ4v) is 3.77. The third-order valence-electron chi connectivity index (χ3n) is 5.11. The molecule has 1 saturated heterocycles. The van der Waals surface area contributed by atoms with E-state index in [4.69, 9.17) is 16.0 Å². The summed E-state index contributed by atoms with van der Waals surface area (Å²) < 4.78 is 18.6. The van der Waals surface area contributed by atoms with Crippen LogP contribution in [0.2, 0.25) is 5.02 Å². The molecule has 2 N–H and O–H groups in total. The van der Waals surface area contributed by atoms with Gasteiger partial charge in [-0.1, -0.05) is 11.6 Å². The van der Waals surface area contributed by atoms with Crippen molar-refractivity contribution in [2.75, 3.05) is 31.6 Å². The molecule has 2 aromatic heterocycles. The lowest BCUT2D eigenvalue weighted by Gasteiger charge is -2.20. The van der Waals surface area contributed by atoms with Crippen LogP contribution in [-0.4, -0.2) is 48.7 Å². The van der Waals surface area contributed by atoms with Crippen molar-refractivity contribution in [1.82, 2.24) is 20.6 Å². The smallest absolute Gasteiger partial charge is 0.226 e. The fourth-order valence-electron chi connectivity index (χ4n) is 3.52. The SMILES string of the molecule is CN=C(NCCc1coc(-c2ccc(F)cc2)n1)NC1CCN(c2ncccc2Cl)C1.I. The van der Waals surface area contributed by atoms with Crippen LogP contribution < -0.4 is 15.5 Å². The summed E-state index contributed by atoms with van der Waals surface area (Å²) in [5.74, 6) is 1.75. The number of aliphatic imine (C=N–C) groups is 1. The van der Waals surface area contributed by atoms with Gasteiger partial charge in [0.15, 0.2) is 5.96 Å². The second kappa shape index (κ2) is 11.5. The normalized spacial score (nSPS) is 16.0. The molecule has 0 radical (unpaired) electrons. The number of guanidine groups is 1. The highest BCUT2D eigenvalue weighted by atomic mass is 127. The number of halogens is 3. The van der Waals surface area contributed by atoms with Gasteiger partial charge < -0.3 is 20.0 Å². The average Bonchev–Trinajstić information content (AvgIpc) is 3.44. The Morgan fingerprint density at radius 2 is 2.12 bits per heavy atom. The molecule has 1 atom stereocenters. The van der Waals surface area contributed by atoms with Crippen LogP contribution >= 0.6 is 35.6 Å². The van der Waals surface area contributed by atoms with Crippen molar-refractivity contribution in [1.29, 1.82) is 0 Å². The monoisotopic (exact) mass is 570 g/mol. The van der Waals surface area contributed by atoms with E-state index in [1.54, 1.807) is 31.6 Å². The van der Waals surface area contributed by atoms with Crippen molar-refractivity contribution in [3.05, 3.63) is 65.4 Å². The second-order valence-electron chi connectivity index (χ2n) is 7.28. The Bertz CT molecular complexity index is 1040. The number of nitrogens with zero attached hydrogens (tertiary/aromatic N) is 4. The van der Waals surface area contributed by atoms with Gasteiger partial charge in [-0.05, 0) is 42.8 Å².